The molecule has 1 aromatic heterocycles. The maximum absolute atomic E-state index is 6.94. The van der Waals surface area contributed by atoms with Gasteiger partial charge < -0.3 is 19.0 Å². The van der Waals surface area contributed by atoms with Gasteiger partial charge in [-0.2, -0.15) is 0 Å². The number of benzene rings is 10. The molecule has 0 unspecified atom stereocenters. The van der Waals surface area contributed by atoms with Crippen LogP contribution in [0.1, 0.15) is 0 Å². The van der Waals surface area contributed by atoms with Crippen molar-refractivity contribution < 1.29 is 9.15 Å². The van der Waals surface area contributed by atoms with Crippen LogP contribution >= 0.6 is 0 Å². The standard InChI is InChI=1S/C54H34N2O2/c1-4-16-35(17-5-1)55(36-18-6-2-7-19-36)49-34-46-43-25-15-29-51-53(43)47(33-45(46)39-22-10-11-23-40(39)49)42-31-30-38(32-52(42)57-51)56(37-20-8-3-9-21-37)48-27-14-26-44-41-24-12-13-28-50(41)58-54(44)48/h1-34H. The lowest BCUT2D eigenvalue weighted by molar-refractivity contribution is 0.487. The van der Waals surface area contributed by atoms with E-state index in [9.17, 15) is 0 Å². The second-order valence-electron chi connectivity index (χ2n) is 14.9. The molecule has 0 fully saturated rings. The van der Waals surface area contributed by atoms with Crippen molar-refractivity contribution in [1.82, 2.24) is 0 Å². The van der Waals surface area contributed by atoms with Crippen molar-refractivity contribution in [2.75, 3.05) is 9.80 Å². The first-order valence-electron chi connectivity index (χ1n) is 19.7. The number of nitrogens with zero attached hydrogens (tertiary/aromatic N) is 2. The van der Waals surface area contributed by atoms with Crippen LogP contribution in [0.4, 0.5) is 34.1 Å². The molecule has 0 N–H and O–H groups in total. The molecule has 1 aliphatic heterocycles. The highest BCUT2D eigenvalue weighted by molar-refractivity contribution is 6.26. The summed E-state index contributed by atoms with van der Waals surface area (Å²) in [6.07, 6.45) is 0. The Morgan fingerprint density at radius 2 is 0.879 bits per heavy atom. The van der Waals surface area contributed by atoms with Crippen molar-refractivity contribution in [2.24, 2.45) is 0 Å². The molecule has 0 amide bonds. The van der Waals surface area contributed by atoms with E-state index in [1.165, 1.54) is 21.5 Å². The summed E-state index contributed by atoms with van der Waals surface area (Å²) in [7, 11) is 0. The molecule has 0 atom stereocenters. The Hall–Kier alpha value is -7.82. The number of hydrogen-bond donors (Lipinski definition) is 0. The Kier molecular flexibility index (Phi) is 7.20. The number of para-hydroxylation sites is 5. The quantitative estimate of drug-likeness (QED) is 0.159. The van der Waals surface area contributed by atoms with E-state index in [4.69, 9.17) is 9.15 Å². The Bertz CT molecular complexity index is 3340. The summed E-state index contributed by atoms with van der Waals surface area (Å²) in [4.78, 5) is 4.64. The number of furan rings is 1. The van der Waals surface area contributed by atoms with Crippen molar-refractivity contribution in [1.29, 1.82) is 0 Å². The average Bonchev–Trinajstić information content (AvgIpc) is 3.67. The van der Waals surface area contributed by atoms with Gasteiger partial charge in [-0.3, -0.25) is 0 Å². The van der Waals surface area contributed by atoms with Crippen molar-refractivity contribution >= 4 is 88.4 Å². The highest BCUT2D eigenvalue weighted by Crippen LogP contribution is 2.53. The van der Waals surface area contributed by atoms with Crippen LogP contribution in [0.15, 0.2) is 211 Å². The minimum Gasteiger partial charge on any atom is -0.456 e. The molecule has 12 rings (SSSR count). The van der Waals surface area contributed by atoms with Crippen LogP contribution in [0.25, 0.3) is 65.4 Å². The van der Waals surface area contributed by atoms with Gasteiger partial charge in [-0.15, -0.1) is 0 Å². The Balaban J connectivity index is 1.07. The van der Waals surface area contributed by atoms with Gasteiger partial charge in [0, 0.05) is 50.2 Å². The van der Waals surface area contributed by atoms with Gasteiger partial charge in [0.2, 0.25) is 0 Å². The van der Waals surface area contributed by atoms with Crippen LogP contribution < -0.4 is 14.5 Å². The molecule has 0 bridgehead atoms. The minimum atomic E-state index is 0.815. The second-order valence-corrected chi connectivity index (χ2v) is 14.9. The fraction of sp³-hybridized carbons (Fsp3) is 0. The first-order valence-corrected chi connectivity index (χ1v) is 19.7. The summed E-state index contributed by atoms with van der Waals surface area (Å²) in [5.41, 5.74) is 10.3. The molecular formula is C54H34N2O2. The van der Waals surface area contributed by atoms with Crippen LogP contribution in [0.3, 0.4) is 0 Å². The molecule has 58 heavy (non-hydrogen) atoms. The first kappa shape index (κ1) is 32.4. The maximum atomic E-state index is 6.94. The maximum Gasteiger partial charge on any atom is 0.159 e. The van der Waals surface area contributed by atoms with E-state index in [0.29, 0.717) is 0 Å². The molecule has 1 aliphatic rings. The summed E-state index contributed by atoms with van der Waals surface area (Å²) >= 11 is 0. The highest BCUT2D eigenvalue weighted by Gasteiger charge is 2.26. The van der Waals surface area contributed by atoms with E-state index in [2.05, 4.69) is 204 Å². The number of rotatable bonds is 6. The summed E-state index contributed by atoms with van der Waals surface area (Å²) < 4.78 is 13.5. The van der Waals surface area contributed by atoms with Gasteiger partial charge in [0.05, 0.1) is 17.1 Å². The molecule has 4 heteroatoms. The summed E-state index contributed by atoms with van der Waals surface area (Å²) in [6, 6.07) is 73.0. The van der Waals surface area contributed by atoms with Crippen LogP contribution in [-0.4, -0.2) is 0 Å². The van der Waals surface area contributed by atoms with Crippen LogP contribution in [-0.2, 0) is 0 Å². The summed E-state index contributed by atoms with van der Waals surface area (Å²) in [5.74, 6) is 1.66. The topological polar surface area (TPSA) is 28.9 Å². The van der Waals surface area contributed by atoms with Crippen molar-refractivity contribution in [2.45, 2.75) is 0 Å². The number of ether oxygens (including phenoxy) is 1. The van der Waals surface area contributed by atoms with Gasteiger partial charge in [0.1, 0.15) is 17.1 Å². The van der Waals surface area contributed by atoms with E-state index in [0.717, 1.165) is 89.5 Å². The fourth-order valence-corrected chi connectivity index (χ4v) is 9.06. The molecule has 0 spiro atoms. The fourth-order valence-electron chi connectivity index (χ4n) is 9.06. The lowest BCUT2D eigenvalue weighted by atomic mass is 9.88. The normalized spacial score (nSPS) is 11.9. The van der Waals surface area contributed by atoms with Gasteiger partial charge in [-0.25, -0.2) is 0 Å². The predicted molar refractivity (Wildman–Crippen MR) is 241 cm³/mol. The number of fused-ring (bicyclic) bond motifs is 9. The van der Waals surface area contributed by atoms with Crippen LogP contribution in [0.2, 0.25) is 0 Å². The Labute approximate surface area is 335 Å². The molecule has 0 radical (unpaired) electrons. The van der Waals surface area contributed by atoms with Crippen molar-refractivity contribution in [3.05, 3.63) is 206 Å². The lowest BCUT2D eigenvalue weighted by Crippen LogP contribution is -2.11. The van der Waals surface area contributed by atoms with Gasteiger partial charge in [-0.1, -0.05) is 121 Å². The van der Waals surface area contributed by atoms with Gasteiger partial charge in [0.25, 0.3) is 0 Å². The average molecular weight is 743 g/mol. The van der Waals surface area contributed by atoms with Crippen molar-refractivity contribution in [3.8, 4) is 22.6 Å². The third-order valence-electron chi connectivity index (χ3n) is 11.6. The molecule has 0 saturated carbocycles. The monoisotopic (exact) mass is 742 g/mol. The van der Waals surface area contributed by atoms with Gasteiger partial charge in [-0.05, 0) is 106 Å². The Morgan fingerprint density at radius 3 is 1.60 bits per heavy atom. The summed E-state index contributed by atoms with van der Waals surface area (Å²) in [6.45, 7) is 0. The molecule has 11 aromatic rings. The number of hydrogen-bond acceptors (Lipinski definition) is 4. The van der Waals surface area contributed by atoms with Crippen molar-refractivity contribution in [3.63, 3.8) is 0 Å². The zero-order valence-corrected chi connectivity index (χ0v) is 31.3. The largest absolute Gasteiger partial charge is 0.456 e. The molecule has 0 aliphatic carbocycles. The molecule has 272 valence electrons. The minimum absolute atomic E-state index is 0.815. The first-order chi connectivity index (χ1) is 28.8. The Morgan fingerprint density at radius 1 is 0.310 bits per heavy atom. The number of anilines is 6. The van der Waals surface area contributed by atoms with E-state index in [1.807, 2.05) is 12.1 Å². The third kappa shape index (κ3) is 4.95. The molecule has 10 aromatic carbocycles. The summed E-state index contributed by atoms with van der Waals surface area (Å²) in [5, 5.41) is 9.25. The van der Waals surface area contributed by atoms with Crippen LogP contribution in [0, 0.1) is 0 Å². The predicted octanol–water partition coefficient (Wildman–Crippen LogP) is 15.8. The third-order valence-corrected chi connectivity index (χ3v) is 11.6. The van der Waals surface area contributed by atoms with E-state index in [-0.39, 0.29) is 0 Å². The van der Waals surface area contributed by atoms with Gasteiger partial charge in [0.15, 0.2) is 5.58 Å². The highest BCUT2D eigenvalue weighted by atomic mass is 16.5. The SMILES string of the molecule is c1ccc(N(c2ccccc2)c2cc3c4cccc5c4c(cc3c3ccccc23)-c2ccc(N(c3ccccc3)c3cccc4c3oc3ccccc34)cc2O5)cc1. The van der Waals surface area contributed by atoms with E-state index < -0.39 is 0 Å². The molecule has 4 nitrogen and oxygen atoms in total. The lowest BCUT2D eigenvalue weighted by Gasteiger charge is -2.29. The molecular weight excluding hydrogens is 709 g/mol. The van der Waals surface area contributed by atoms with Gasteiger partial charge >= 0.3 is 0 Å². The van der Waals surface area contributed by atoms with Crippen LogP contribution in [0.5, 0.6) is 11.5 Å². The second kappa shape index (κ2) is 12.9. The zero-order chi connectivity index (χ0) is 38.2. The molecule has 0 saturated heterocycles. The molecule has 2 heterocycles. The van der Waals surface area contributed by atoms with E-state index >= 15 is 0 Å². The smallest absolute Gasteiger partial charge is 0.159 e. The zero-order valence-electron chi connectivity index (χ0n) is 31.3. The van der Waals surface area contributed by atoms with E-state index in [1.54, 1.807) is 0 Å².